The van der Waals surface area contributed by atoms with Crippen LogP contribution in [0.25, 0.3) is 0 Å². The number of nitrogen functional groups attached to an aromatic ring is 1. The number of aliphatic hydroxyl groups is 1. The van der Waals surface area contributed by atoms with E-state index in [-0.39, 0.29) is 17.4 Å². The lowest BCUT2D eigenvalue weighted by atomic mass is 10.0. The van der Waals surface area contributed by atoms with Gasteiger partial charge in [-0.25, -0.2) is 9.97 Å². The molecular formula is C22H31N5O3. The van der Waals surface area contributed by atoms with Crippen LogP contribution in [0.15, 0.2) is 30.6 Å². The first kappa shape index (κ1) is 22.0. The summed E-state index contributed by atoms with van der Waals surface area (Å²) in [5.74, 6) is 1.36. The number of ether oxygens (including phenoxy) is 2. The minimum absolute atomic E-state index is 0.110. The van der Waals surface area contributed by atoms with Gasteiger partial charge in [-0.2, -0.15) is 0 Å². The predicted octanol–water partition coefficient (Wildman–Crippen LogP) is 2.63. The Balaban J connectivity index is 1.84. The molecule has 0 amide bonds. The molecule has 2 aromatic rings. The van der Waals surface area contributed by atoms with Gasteiger partial charge < -0.3 is 25.2 Å². The first-order chi connectivity index (χ1) is 14.3. The lowest BCUT2D eigenvalue weighted by Gasteiger charge is -2.28. The molecule has 8 heteroatoms. The number of methoxy groups -OCH3 is 1. The molecule has 1 aliphatic rings. The molecule has 0 radical (unpaired) electrons. The fourth-order valence-electron chi connectivity index (χ4n) is 3.20. The van der Waals surface area contributed by atoms with Crippen molar-refractivity contribution in [1.29, 1.82) is 5.41 Å². The van der Waals surface area contributed by atoms with Crippen LogP contribution in [0.1, 0.15) is 44.9 Å². The Morgan fingerprint density at radius 2 is 2.07 bits per heavy atom. The summed E-state index contributed by atoms with van der Waals surface area (Å²) in [4.78, 5) is 10.6. The van der Waals surface area contributed by atoms with Crippen molar-refractivity contribution in [2.24, 2.45) is 0 Å². The van der Waals surface area contributed by atoms with E-state index < -0.39 is 6.10 Å². The predicted molar refractivity (Wildman–Crippen MR) is 117 cm³/mol. The number of hydrogen-bond acceptors (Lipinski definition) is 8. The van der Waals surface area contributed by atoms with E-state index in [9.17, 15) is 5.11 Å². The van der Waals surface area contributed by atoms with Crippen molar-refractivity contribution in [3.63, 3.8) is 0 Å². The third-order valence-corrected chi connectivity index (χ3v) is 5.47. The quantitative estimate of drug-likeness (QED) is 0.405. The highest BCUT2D eigenvalue weighted by Crippen LogP contribution is 2.40. The molecule has 2 unspecified atom stereocenters. The van der Waals surface area contributed by atoms with Crippen molar-refractivity contribution in [2.75, 3.05) is 30.8 Å². The summed E-state index contributed by atoms with van der Waals surface area (Å²) in [5, 5.41) is 18.6. The summed E-state index contributed by atoms with van der Waals surface area (Å²) >= 11 is 0. The second kappa shape index (κ2) is 8.97. The number of aliphatic hydroxyl groups excluding tert-OH is 1. The Morgan fingerprint density at radius 1 is 1.33 bits per heavy atom. The average molecular weight is 414 g/mol. The fraction of sp³-hybridized carbons (Fsp3) is 0.500. The van der Waals surface area contributed by atoms with Crippen LogP contribution in [0.5, 0.6) is 5.75 Å². The van der Waals surface area contributed by atoms with Gasteiger partial charge in [-0.3, -0.25) is 5.41 Å². The van der Waals surface area contributed by atoms with Crippen LogP contribution in [0.3, 0.4) is 0 Å². The van der Waals surface area contributed by atoms with E-state index in [2.05, 4.69) is 16.9 Å². The average Bonchev–Trinajstić information content (AvgIpc) is 3.46. The van der Waals surface area contributed by atoms with Crippen LogP contribution in [-0.4, -0.2) is 58.8 Å². The summed E-state index contributed by atoms with van der Waals surface area (Å²) in [6.45, 7) is 6.91. The van der Waals surface area contributed by atoms with Gasteiger partial charge in [0.05, 0.1) is 17.5 Å². The Kier molecular flexibility index (Phi) is 6.58. The second-order valence-electron chi connectivity index (χ2n) is 7.99. The minimum atomic E-state index is -0.612. The lowest BCUT2D eigenvalue weighted by Crippen LogP contribution is -2.39. The van der Waals surface area contributed by atoms with Gasteiger partial charge in [0.25, 0.3) is 0 Å². The summed E-state index contributed by atoms with van der Waals surface area (Å²) in [6.07, 6.45) is 2.53. The number of aromatic nitrogens is 2. The van der Waals surface area contributed by atoms with E-state index >= 15 is 0 Å². The number of nitrogens with two attached hydrogens (primary N) is 1. The summed E-state index contributed by atoms with van der Waals surface area (Å²) in [6, 6.07) is 7.16. The Labute approximate surface area is 177 Å². The Bertz CT molecular complexity index is 898. The molecule has 1 aromatic heterocycles. The zero-order valence-electron chi connectivity index (χ0n) is 18.1. The standard InChI is InChI=1S/C22H31N5O3/c1-5-27(12-19(29-4)14(2)28)20-11-18(25-13-26-20)21(24)16-10-15(6-7-17(16)23)30-22(3)8-9-22/h6-7,10-11,13-14,19,24,28H,5,8-9,12,23H2,1-4H3. The molecule has 3 rings (SSSR count). The molecule has 2 atom stereocenters. The van der Waals surface area contributed by atoms with Crippen LogP contribution in [0, 0.1) is 5.41 Å². The van der Waals surface area contributed by atoms with Gasteiger partial charge in [0.1, 0.15) is 29.6 Å². The van der Waals surface area contributed by atoms with Crippen LogP contribution in [0.4, 0.5) is 11.5 Å². The maximum atomic E-state index is 9.89. The molecule has 162 valence electrons. The number of hydrogen-bond donors (Lipinski definition) is 3. The van der Waals surface area contributed by atoms with Crippen molar-refractivity contribution in [1.82, 2.24) is 9.97 Å². The molecule has 4 N–H and O–H groups in total. The molecule has 0 spiro atoms. The first-order valence-corrected chi connectivity index (χ1v) is 10.2. The van der Waals surface area contributed by atoms with Crippen molar-refractivity contribution in [3.8, 4) is 5.75 Å². The Morgan fingerprint density at radius 3 is 2.67 bits per heavy atom. The largest absolute Gasteiger partial charge is 0.488 e. The SMILES string of the molecule is CCN(CC(OC)C(C)O)c1cc(C(=N)c2cc(OC3(C)CC3)ccc2N)ncn1. The zero-order valence-corrected chi connectivity index (χ0v) is 18.1. The van der Waals surface area contributed by atoms with Crippen LogP contribution < -0.4 is 15.4 Å². The number of rotatable bonds is 10. The monoisotopic (exact) mass is 413 g/mol. The first-order valence-electron chi connectivity index (χ1n) is 10.2. The van der Waals surface area contributed by atoms with Crippen molar-refractivity contribution in [3.05, 3.63) is 41.9 Å². The van der Waals surface area contributed by atoms with Gasteiger partial charge >= 0.3 is 0 Å². The summed E-state index contributed by atoms with van der Waals surface area (Å²) in [7, 11) is 1.58. The smallest absolute Gasteiger partial charge is 0.132 e. The van der Waals surface area contributed by atoms with E-state index in [1.54, 1.807) is 32.2 Å². The number of anilines is 2. The highest BCUT2D eigenvalue weighted by molar-refractivity contribution is 6.13. The van der Waals surface area contributed by atoms with Crippen molar-refractivity contribution >= 4 is 17.2 Å². The van der Waals surface area contributed by atoms with E-state index in [0.717, 1.165) is 12.8 Å². The molecule has 0 bridgehead atoms. The molecule has 8 nitrogen and oxygen atoms in total. The van der Waals surface area contributed by atoms with E-state index in [1.165, 1.54) is 6.33 Å². The molecule has 0 saturated heterocycles. The van der Waals surface area contributed by atoms with Crippen LogP contribution in [-0.2, 0) is 4.74 Å². The third kappa shape index (κ3) is 5.06. The Hall–Kier alpha value is -2.71. The summed E-state index contributed by atoms with van der Waals surface area (Å²) < 4.78 is 11.4. The lowest BCUT2D eigenvalue weighted by molar-refractivity contribution is 0.00291. The number of nitrogens with one attached hydrogen (secondary N) is 1. The maximum absolute atomic E-state index is 9.89. The minimum Gasteiger partial charge on any atom is -0.488 e. The van der Waals surface area contributed by atoms with Crippen molar-refractivity contribution in [2.45, 2.75) is 51.4 Å². The maximum Gasteiger partial charge on any atom is 0.132 e. The molecule has 1 heterocycles. The molecular weight excluding hydrogens is 382 g/mol. The highest BCUT2D eigenvalue weighted by Gasteiger charge is 2.40. The van der Waals surface area contributed by atoms with Gasteiger partial charge in [-0.05, 0) is 51.8 Å². The zero-order chi connectivity index (χ0) is 21.9. The van der Waals surface area contributed by atoms with Crippen LogP contribution in [0.2, 0.25) is 0 Å². The van der Waals surface area contributed by atoms with Gasteiger partial charge in [-0.15, -0.1) is 0 Å². The number of nitrogens with zero attached hydrogens (tertiary/aromatic N) is 3. The van der Waals surface area contributed by atoms with Gasteiger partial charge in [-0.1, -0.05) is 0 Å². The molecule has 1 saturated carbocycles. The molecule has 1 aliphatic carbocycles. The topological polar surface area (TPSA) is 118 Å². The molecule has 0 aliphatic heterocycles. The van der Waals surface area contributed by atoms with E-state index in [4.69, 9.17) is 20.6 Å². The third-order valence-electron chi connectivity index (χ3n) is 5.47. The normalized spacial score (nSPS) is 16.6. The number of likely N-dealkylation sites (N-methyl/N-ethyl adjacent to an activating group) is 1. The molecule has 30 heavy (non-hydrogen) atoms. The fourth-order valence-corrected chi connectivity index (χ4v) is 3.20. The highest BCUT2D eigenvalue weighted by atomic mass is 16.5. The molecule has 1 aromatic carbocycles. The second-order valence-corrected chi connectivity index (χ2v) is 7.99. The summed E-state index contributed by atoms with van der Waals surface area (Å²) in [5.41, 5.74) is 7.78. The van der Waals surface area contributed by atoms with Gasteiger partial charge in [0, 0.05) is 37.5 Å². The van der Waals surface area contributed by atoms with E-state index in [1.807, 2.05) is 17.9 Å². The molecule has 1 fully saturated rings. The van der Waals surface area contributed by atoms with Crippen molar-refractivity contribution < 1.29 is 14.6 Å². The number of benzene rings is 1. The van der Waals surface area contributed by atoms with Gasteiger partial charge in [0.15, 0.2) is 0 Å². The van der Waals surface area contributed by atoms with Gasteiger partial charge in [0.2, 0.25) is 0 Å². The van der Waals surface area contributed by atoms with Crippen LogP contribution >= 0.6 is 0 Å². The van der Waals surface area contributed by atoms with E-state index in [0.29, 0.717) is 41.6 Å².